The maximum Gasteiger partial charge on any atom is 0.221 e. The Balaban J connectivity index is 1.62. The third-order valence-electron chi connectivity index (χ3n) is 5.41. The van der Waals surface area contributed by atoms with E-state index < -0.39 is 0 Å². The van der Waals surface area contributed by atoms with E-state index in [0.717, 1.165) is 51.5 Å². The number of aliphatic imine (C=N–C) groups is 1. The molecule has 1 amide bonds. The quantitative estimate of drug-likeness (QED) is 0.502. The molecule has 1 aliphatic rings. The summed E-state index contributed by atoms with van der Waals surface area (Å²) in [7, 11) is 2.07. The fourth-order valence-electron chi connectivity index (χ4n) is 3.88. The fourth-order valence-corrected chi connectivity index (χ4v) is 4.54. The van der Waals surface area contributed by atoms with Gasteiger partial charge in [-0.3, -0.25) is 9.69 Å². The third-order valence-corrected chi connectivity index (χ3v) is 6.15. The maximum absolute atomic E-state index is 11.5. The molecule has 0 bridgehead atoms. The number of carbonyl (C=O) groups is 1. The second-order valence-corrected chi connectivity index (χ2v) is 8.73. The van der Waals surface area contributed by atoms with Crippen molar-refractivity contribution in [3.05, 3.63) is 57.8 Å². The van der Waals surface area contributed by atoms with Gasteiger partial charge in [-0.25, -0.2) is 4.99 Å². The summed E-state index contributed by atoms with van der Waals surface area (Å²) in [5, 5.41) is 7.67. The lowest BCUT2D eigenvalue weighted by Crippen LogP contribution is -2.40. The average Bonchev–Trinajstić information content (AvgIpc) is 3.24. The number of nitrogens with two attached hydrogens (primary N) is 1. The molecule has 2 heterocycles. The minimum Gasteiger partial charge on any atom is -0.369 e. The van der Waals surface area contributed by atoms with Gasteiger partial charge in [0.05, 0.1) is 12.5 Å². The second-order valence-electron chi connectivity index (χ2n) is 7.95. The van der Waals surface area contributed by atoms with Gasteiger partial charge in [0, 0.05) is 33.2 Å². The molecular weight excluding hydrogens is 394 g/mol. The number of primary amides is 1. The lowest BCUT2D eigenvalue weighted by molar-refractivity contribution is -0.123. The largest absolute Gasteiger partial charge is 0.369 e. The number of hydrogen-bond acceptors (Lipinski definition) is 4. The van der Waals surface area contributed by atoms with E-state index in [-0.39, 0.29) is 11.8 Å². The van der Waals surface area contributed by atoms with Crippen LogP contribution < -0.4 is 11.1 Å². The Labute approximate surface area is 183 Å². The summed E-state index contributed by atoms with van der Waals surface area (Å²) >= 11 is 1.72. The van der Waals surface area contributed by atoms with Crippen molar-refractivity contribution in [2.75, 3.05) is 26.7 Å². The van der Waals surface area contributed by atoms with Gasteiger partial charge in [0.25, 0.3) is 0 Å². The van der Waals surface area contributed by atoms with Crippen molar-refractivity contribution >= 4 is 23.2 Å². The Morgan fingerprint density at radius 1 is 1.33 bits per heavy atom. The fraction of sp³-hybridized carbons (Fsp3) is 0.478. The van der Waals surface area contributed by atoms with Gasteiger partial charge in [-0.05, 0) is 59.8 Å². The Bertz CT molecular complexity index is 836. The van der Waals surface area contributed by atoms with E-state index in [1.165, 1.54) is 16.7 Å². The predicted octanol–water partition coefficient (Wildman–Crippen LogP) is 3.04. The van der Waals surface area contributed by atoms with Crippen LogP contribution in [0, 0.1) is 5.92 Å². The monoisotopic (exact) mass is 427 g/mol. The van der Waals surface area contributed by atoms with Gasteiger partial charge in [0.1, 0.15) is 0 Å². The van der Waals surface area contributed by atoms with Crippen LogP contribution in [0.25, 0.3) is 0 Å². The molecule has 0 saturated carbocycles. The van der Waals surface area contributed by atoms with Crippen LogP contribution in [-0.2, 0) is 24.4 Å². The van der Waals surface area contributed by atoms with Crippen molar-refractivity contribution in [2.24, 2.45) is 16.6 Å². The Hall–Kier alpha value is -2.38. The first-order chi connectivity index (χ1) is 14.5. The number of nitrogens with one attached hydrogen (secondary N) is 1. The highest BCUT2D eigenvalue weighted by Crippen LogP contribution is 2.19. The van der Waals surface area contributed by atoms with Crippen LogP contribution in [0.4, 0.5) is 0 Å². The molecule has 2 aromatic rings. The summed E-state index contributed by atoms with van der Waals surface area (Å²) in [5.41, 5.74) is 9.26. The molecule has 1 fully saturated rings. The molecule has 3 rings (SSSR count). The van der Waals surface area contributed by atoms with E-state index in [1.54, 1.807) is 11.3 Å². The van der Waals surface area contributed by atoms with Crippen molar-refractivity contribution in [3.8, 4) is 0 Å². The Morgan fingerprint density at radius 2 is 2.17 bits per heavy atom. The molecule has 1 unspecified atom stereocenters. The predicted molar refractivity (Wildman–Crippen MR) is 124 cm³/mol. The minimum absolute atomic E-state index is 0.0204. The van der Waals surface area contributed by atoms with Gasteiger partial charge in [0.15, 0.2) is 5.96 Å². The van der Waals surface area contributed by atoms with Crippen molar-refractivity contribution in [1.29, 1.82) is 0 Å². The first-order valence-corrected chi connectivity index (χ1v) is 11.6. The highest BCUT2D eigenvalue weighted by molar-refractivity contribution is 7.07. The molecule has 0 aliphatic carbocycles. The van der Waals surface area contributed by atoms with Crippen molar-refractivity contribution in [2.45, 2.75) is 39.4 Å². The van der Waals surface area contributed by atoms with Gasteiger partial charge in [-0.2, -0.15) is 11.3 Å². The number of benzene rings is 1. The number of piperidine rings is 1. The van der Waals surface area contributed by atoms with Gasteiger partial charge >= 0.3 is 0 Å². The van der Waals surface area contributed by atoms with Crippen LogP contribution in [0.1, 0.15) is 36.5 Å². The first kappa shape index (κ1) is 22.3. The molecule has 6 nitrogen and oxygen atoms in total. The number of guanidine groups is 1. The van der Waals surface area contributed by atoms with E-state index in [9.17, 15) is 4.79 Å². The van der Waals surface area contributed by atoms with Gasteiger partial charge in [-0.1, -0.05) is 24.3 Å². The van der Waals surface area contributed by atoms with Gasteiger partial charge < -0.3 is 16.0 Å². The first-order valence-electron chi connectivity index (χ1n) is 10.6. The molecule has 1 aromatic carbocycles. The molecule has 3 N–H and O–H groups in total. The third kappa shape index (κ3) is 6.57. The van der Waals surface area contributed by atoms with Gasteiger partial charge in [0.2, 0.25) is 5.91 Å². The zero-order chi connectivity index (χ0) is 21.3. The van der Waals surface area contributed by atoms with E-state index in [2.05, 4.69) is 70.2 Å². The Kier molecular flexibility index (Phi) is 8.28. The van der Waals surface area contributed by atoms with E-state index in [4.69, 9.17) is 10.7 Å². The van der Waals surface area contributed by atoms with Crippen LogP contribution in [0.2, 0.25) is 0 Å². The summed E-state index contributed by atoms with van der Waals surface area (Å²) in [5.74, 6) is 0.715. The highest BCUT2D eigenvalue weighted by atomic mass is 32.1. The SMILES string of the molecule is CCNC(=NCc1cccc(CN2CCCC(C(N)=O)C2)c1)N(C)Cc1ccsc1. The molecular formula is C23H33N5OS. The van der Waals surface area contributed by atoms with Crippen molar-refractivity contribution in [1.82, 2.24) is 15.1 Å². The summed E-state index contributed by atoms with van der Waals surface area (Å²) in [4.78, 5) is 20.9. The zero-order valence-electron chi connectivity index (χ0n) is 18.0. The Morgan fingerprint density at radius 3 is 2.90 bits per heavy atom. The van der Waals surface area contributed by atoms with Crippen molar-refractivity contribution < 1.29 is 4.79 Å². The molecule has 162 valence electrons. The maximum atomic E-state index is 11.5. The molecule has 30 heavy (non-hydrogen) atoms. The topological polar surface area (TPSA) is 74.0 Å². The van der Waals surface area contributed by atoms with Gasteiger partial charge in [-0.15, -0.1) is 0 Å². The number of hydrogen-bond donors (Lipinski definition) is 2. The summed E-state index contributed by atoms with van der Waals surface area (Å²) in [6.07, 6.45) is 1.94. The molecule has 0 spiro atoms. The summed E-state index contributed by atoms with van der Waals surface area (Å²) in [6.45, 7) is 7.02. The molecule has 1 aromatic heterocycles. The van der Waals surface area contributed by atoms with Crippen LogP contribution in [0.3, 0.4) is 0 Å². The number of likely N-dealkylation sites (tertiary alicyclic amines) is 1. The zero-order valence-corrected chi connectivity index (χ0v) is 18.8. The lowest BCUT2D eigenvalue weighted by atomic mass is 9.97. The molecule has 7 heteroatoms. The van der Waals surface area contributed by atoms with E-state index >= 15 is 0 Å². The number of amides is 1. The van der Waals surface area contributed by atoms with Crippen LogP contribution >= 0.6 is 11.3 Å². The van der Waals surface area contributed by atoms with Crippen LogP contribution in [0.15, 0.2) is 46.1 Å². The van der Waals surface area contributed by atoms with E-state index in [0.29, 0.717) is 6.54 Å². The lowest BCUT2D eigenvalue weighted by Gasteiger charge is -2.31. The second kappa shape index (κ2) is 11.1. The summed E-state index contributed by atoms with van der Waals surface area (Å²) < 4.78 is 0. The number of nitrogens with zero attached hydrogens (tertiary/aromatic N) is 3. The minimum atomic E-state index is -0.176. The van der Waals surface area contributed by atoms with Crippen LogP contribution in [-0.4, -0.2) is 48.3 Å². The molecule has 1 aliphatic heterocycles. The normalized spacial score (nSPS) is 17.7. The number of rotatable bonds is 8. The number of thiophene rings is 1. The molecule has 1 saturated heterocycles. The average molecular weight is 428 g/mol. The number of carbonyl (C=O) groups excluding carboxylic acids is 1. The smallest absolute Gasteiger partial charge is 0.221 e. The highest BCUT2D eigenvalue weighted by Gasteiger charge is 2.23. The molecule has 0 radical (unpaired) electrons. The van der Waals surface area contributed by atoms with Crippen molar-refractivity contribution in [3.63, 3.8) is 0 Å². The molecule has 1 atom stereocenters. The van der Waals surface area contributed by atoms with E-state index in [1.807, 2.05) is 0 Å². The summed E-state index contributed by atoms with van der Waals surface area (Å²) in [6, 6.07) is 10.7. The van der Waals surface area contributed by atoms with Crippen LogP contribution in [0.5, 0.6) is 0 Å². The standard InChI is InChI=1S/C23H33N5OS/c1-3-25-23(27(2)14-20-9-11-30-17-20)26-13-18-6-4-7-19(12-18)15-28-10-5-8-21(16-28)22(24)29/h4,6-7,9,11-12,17,21H,3,5,8,10,13-16H2,1-2H3,(H2,24,29)(H,25,26).